The van der Waals surface area contributed by atoms with Crippen LogP contribution in [0.25, 0.3) is 22.0 Å². The van der Waals surface area contributed by atoms with Crippen molar-refractivity contribution in [2.45, 2.75) is 24.3 Å². The number of hydrogen-bond acceptors (Lipinski definition) is 5. The van der Waals surface area contributed by atoms with Gasteiger partial charge in [-0.3, -0.25) is 9.59 Å². The lowest BCUT2D eigenvalue weighted by Gasteiger charge is -2.11. The molecule has 2 heterocycles. The first-order chi connectivity index (χ1) is 13.5. The van der Waals surface area contributed by atoms with Crippen molar-refractivity contribution < 1.29 is 14.0 Å². The summed E-state index contributed by atoms with van der Waals surface area (Å²) in [5.74, 6) is -0.289. The van der Waals surface area contributed by atoms with E-state index in [1.807, 2.05) is 61.0 Å². The Morgan fingerprint density at radius 1 is 1.14 bits per heavy atom. The van der Waals surface area contributed by atoms with E-state index in [1.165, 1.54) is 18.7 Å². The van der Waals surface area contributed by atoms with E-state index in [2.05, 4.69) is 10.3 Å². The first kappa shape index (κ1) is 18.3. The number of furan rings is 1. The predicted molar refractivity (Wildman–Crippen MR) is 111 cm³/mol. The minimum atomic E-state index is -0.413. The summed E-state index contributed by atoms with van der Waals surface area (Å²) in [6, 6.07) is 15.1. The van der Waals surface area contributed by atoms with Crippen LogP contribution in [0.3, 0.4) is 0 Å². The fraction of sp³-hybridized carbons (Fsp3) is 0.190. The normalized spacial score (nSPS) is 12.4. The van der Waals surface area contributed by atoms with Crippen LogP contribution in [-0.2, 0) is 11.8 Å². The van der Waals surface area contributed by atoms with E-state index in [1.54, 1.807) is 6.07 Å². The summed E-state index contributed by atoms with van der Waals surface area (Å²) in [4.78, 5) is 29.4. The van der Waals surface area contributed by atoms with Crippen LogP contribution in [0.5, 0.6) is 0 Å². The third kappa shape index (κ3) is 3.18. The van der Waals surface area contributed by atoms with E-state index in [4.69, 9.17) is 4.42 Å². The lowest BCUT2D eigenvalue weighted by Crippen LogP contribution is -2.23. The molecule has 2 aromatic heterocycles. The Kier molecular flexibility index (Phi) is 4.68. The molecule has 0 aliphatic rings. The number of aromatic nitrogens is 2. The number of para-hydroxylation sites is 3. The summed E-state index contributed by atoms with van der Waals surface area (Å²) < 4.78 is 7.60. The maximum absolute atomic E-state index is 12.8. The second-order valence-electron chi connectivity index (χ2n) is 6.55. The zero-order valence-electron chi connectivity index (χ0n) is 15.7. The Hall–Kier alpha value is -3.06. The number of fused-ring (bicyclic) bond motifs is 2. The monoisotopic (exact) mass is 393 g/mol. The second kappa shape index (κ2) is 7.16. The molecule has 0 aliphatic heterocycles. The molecule has 7 heteroatoms. The van der Waals surface area contributed by atoms with Gasteiger partial charge in [0.05, 0.1) is 22.0 Å². The van der Waals surface area contributed by atoms with Crippen LogP contribution in [0.15, 0.2) is 58.1 Å². The van der Waals surface area contributed by atoms with Crippen molar-refractivity contribution in [1.82, 2.24) is 9.55 Å². The average molecular weight is 393 g/mol. The number of anilines is 1. The molecule has 1 atom stereocenters. The van der Waals surface area contributed by atoms with Gasteiger partial charge in [-0.25, -0.2) is 4.98 Å². The Morgan fingerprint density at radius 2 is 1.86 bits per heavy atom. The first-order valence-electron chi connectivity index (χ1n) is 8.87. The number of imidazole rings is 1. The number of ketones is 1. The number of carbonyl (C=O) groups is 2. The van der Waals surface area contributed by atoms with Crippen LogP contribution >= 0.6 is 11.8 Å². The standard InChI is InChI=1S/C21H19N3O3S/c1-12(25)19-18(14-8-4-7-11-17(14)27-19)23-20(26)13(2)28-21-22-15-9-5-6-10-16(15)24(21)3/h4-11,13H,1-3H3,(H,23,26)/t13-/m1/s1. The SMILES string of the molecule is CC(=O)c1oc2ccccc2c1NC(=O)[C@@H](C)Sc1nc2ccccc2n1C. The smallest absolute Gasteiger partial charge is 0.237 e. The van der Waals surface area contributed by atoms with Gasteiger partial charge in [-0.2, -0.15) is 0 Å². The minimum absolute atomic E-state index is 0.162. The number of carbonyl (C=O) groups excluding carboxylic acids is 2. The fourth-order valence-electron chi connectivity index (χ4n) is 3.08. The summed E-state index contributed by atoms with van der Waals surface area (Å²) in [5, 5.41) is 3.93. The van der Waals surface area contributed by atoms with Crippen LogP contribution in [0.4, 0.5) is 5.69 Å². The van der Waals surface area contributed by atoms with Crippen molar-refractivity contribution in [2.24, 2.45) is 7.05 Å². The molecule has 2 aromatic carbocycles. The molecule has 1 N–H and O–H groups in total. The maximum atomic E-state index is 12.8. The second-order valence-corrected chi connectivity index (χ2v) is 7.86. The number of benzene rings is 2. The molecular weight excluding hydrogens is 374 g/mol. The van der Waals surface area contributed by atoms with Crippen LogP contribution < -0.4 is 5.32 Å². The Balaban J connectivity index is 1.60. The molecule has 0 unspecified atom stereocenters. The highest BCUT2D eigenvalue weighted by molar-refractivity contribution is 8.00. The molecule has 1 amide bonds. The number of thioether (sulfide) groups is 1. The molecule has 4 aromatic rings. The zero-order chi connectivity index (χ0) is 19.8. The van der Waals surface area contributed by atoms with E-state index in [9.17, 15) is 9.59 Å². The number of Topliss-reactive ketones (excluding diaryl/α,β-unsaturated/α-hetero) is 1. The summed E-state index contributed by atoms with van der Waals surface area (Å²) in [6.07, 6.45) is 0. The molecule has 0 saturated carbocycles. The van der Waals surface area contributed by atoms with Gasteiger partial charge in [0.2, 0.25) is 5.91 Å². The zero-order valence-corrected chi connectivity index (χ0v) is 16.5. The Bertz CT molecular complexity index is 1210. The van der Waals surface area contributed by atoms with E-state index < -0.39 is 5.25 Å². The number of rotatable bonds is 5. The van der Waals surface area contributed by atoms with Crippen molar-refractivity contribution in [1.29, 1.82) is 0 Å². The molecule has 0 spiro atoms. The van der Waals surface area contributed by atoms with Gasteiger partial charge in [-0.1, -0.05) is 36.0 Å². The largest absolute Gasteiger partial charge is 0.451 e. The van der Waals surface area contributed by atoms with Crippen LogP contribution in [0.2, 0.25) is 0 Å². The van der Waals surface area contributed by atoms with Gasteiger partial charge in [0.1, 0.15) is 5.58 Å². The summed E-state index contributed by atoms with van der Waals surface area (Å²) in [6.45, 7) is 3.24. The molecule has 0 saturated heterocycles. The lowest BCUT2D eigenvalue weighted by molar-refractivity contribution is -0.115. The number of amides is 1. The quantitative estimate of drug-likeness (QED) is 0.395. The van der Waals surface area contributed by atoms with Gasteiger partial charge in [0.15, 0.2) is 16.7 Å². The molecule has 6 nitrogen and oxygen atoms in total. The molecule has 28 heavy (non-hydrogen) atoms. The predicted octanol–water partition coefficient (Wildman–Crippen LogP) is 4.64. The van der Waals surface area contributed by atoms with Gasteiger partial charge >= 0.3 is 0 Å². The van der Waals surface area contributed by atoms with Crippen molar-refractivity contribution in [3.05, 3.63) is 54.3 Å². The summed E-state index contributed by atoms with van der Waals surface area (Å²) in [5.41, 5.74) is 2.89. The highest BCUT2D eigenvalue weighted by Gasteiger charge is 2.23. The molecule has 4 rings (SSSR count). The average Bonchev–Trinajstić information content (AvgIpc) is 3.20. The van der Waals surface area contributed by atoms with Crippen LogP contribution in [0, 0.1) is 0 Å². The number of nitrogens with one attached hydrogen (secondary N) is 1. The van der Waals surface area contributed by atoms with Gasteiger partial charge < -0.3 is 14.3 Å². The fourth-order valence-corrected chi connectivity index (χ4v) is 3.97. The van der Waals surface area contributed by atoms with Gasteiger partial charge in [0, 0.05) is 19.4 Å². The van der Waals surface area contributed by atoms with Crippen molar-refractivity contribution in [3.63, 3.8) is 0 Å². The lowest BCUT2D eigenvalue weighted by atomic mass is 10.2. The van der Waals surface area contributed by atoms with Crippen LogP contribution in [-0.4, -0.2) is 26.5 Å². The van der Waals surface area contributed by atoms with Gasteiger partial charge in [-0.05, 0) is 31.2 Å². The number of aryl methyl sites for hydroxylation is 1. The van der Waals surface area contributed by atoms with E-state index in [0.717, 1.165) is 16.2 Å². The minimum Gasteiger partial charge on any atom is -0.451 e. The van der Waals surface area contributed by atoms with Crippen molar-refractivity contribution >= 4 is 51.1 Å². The molecular formula is C21H19N3O3S. The Labute approximate surface area is 165 Å². The molecule has 142 valence electrons. The van der Waals surface area contributed by atoms with Crippen molar-refractivity contribution in [3.8, 4) is 0 Å². The van der Waals surface area contributed by atoms with E-state index >= 15 is 0 Å². The maximum Gasteiger partial charge on any atom is 0.237 e. The molecule has 0 fully saturated rings. The summed E-state index contributed by atoms with van der Waals surface area (Å²) in [7, 11) is 1.93. The molecule has 0 aliphatic carbocycles. The topological polar surface area (TPSA) is 77.1 Å². The molecule has 0 radical (unpaired) electrons. The summed E-state index contributed by atoms with van der Waals surface area (Å²) >= 11 is 1.37. The highest BCUT2D eigenvalue weighted by Crippen LogP contribution is 2.32. The third-order valence-electron chi connectivity index (χ3n) is 4.56. The van der Waals surface area contributed by atoms with Gasteiger partial charge in [-0.15, -0.1) is 0 Å². The van der Waals surface area contributed by atoms with Crippen molar-refractivity contribution in [2.75, 3.05) is 5.32 Å². The van der Waals surface area contributed by atoms with Gasteiger partial charge in [0.25, 0.3) is 0 Å². The Morgan fingerprint density at radius 3 is 2.61 bits per heavy atom. The number of nitrogens with zero attached hydrogens (tertiary/aromatic N) is 2. The van der Waals surface area contributed by atoms with E-state index in [0.29, 0.717) is 16.7 Å². The third-order valence-corrected chi connectivity index (χ3v) is 5.70. The highest BCUT2D eigenvalue weighted by atomic mass is 32.2. The first-order valence-corrected chi connectivity index (χ1v) is 9.75. The van der Waals surface area contributed by atoms with E-state index in [-0.39, 0.29) is 17.5 Å². The van der Waals surface area contributed by atoms with Crippen LogP contribution in [0.1, 0.15) is 24.4 Å². The number of hydrogen-bond donors (Lipinski definition) is 1. The molecule has 0 bridgehead atoms.